The number of nitrogens with two attached hydrogens (primary N) is 1. The third-order valence-electron chi connectivity index (χ3n) is 4.59. The van der Waals surface area contributed by atoms with Crippen LogP contribution in [-0.4, -0.2) is 44.2 Å². The van der Waals surface area contributed by atoms with Gasteiger partial charge in [0.05, 0.1) is 17.5 Å². The van der Waals surface area contributed by atoms with Gasteiger partial charge in [-0.2, -0.15) is 0 Å². The van der Waals surface area contributed by atoms with Crippen molar-refractivity contribution in [1.29, 1.82) is 0 Å². The number of hydrogen-bond donors (Lipinski definition) is 2. The standard InChI is InChI=1S/C19H22N4O3S/c1-3-27-11(2)19(26)23-9-8-14-15(10-23)21-17(22-18(14)25)13-6-4-12(5-7-13)16(20)24/h4-7,11H,3,8-10H2,1-2H3,(H2,20,24)(H,21,22,25)/t11-/m1/s1. The minimum Gasteiger partial charge on any atom is -0.366 e. The molecule has 0 unspecified atom stereocenters. The molecule has 0 radical (unpaired) electrons. The molecule has 2 heterocycles. The normalized spacial score (nSPS) is 14.5. The van der Waals surface area contributed by atoms with Gasteiger partial charge in [0.2, 0.25) is 11.8 Å². The number of benzene rings is 1. The number of thioether (sulfide) groups is 1. The molecule has 3 rings (SSSR count). The van der Waals surface area contributed by atoms with E-state index in [0.29, 0.717) is 47.7 Å². The highest BCUT2D eigenvalue weighted by molar-refractivity contribution is 8.00. The molecule has 1 aromatic carbocycles. The molecule has 0 bridgehead atoms. The molecule has 1 aliphatic rings. The number of nitrogens with one attached hydrogen (secondary N) is 1. The molecule has 3 N–H and O–H groups in total. The van der Waals surface area contributed by atoms with Crippen LogP contribution in [0.2, 0.25) is 0 Å². The Kier molecular flexibility index (Phi) is 5.65. The molecule has 0 spiro atoms. The van der Waals surface area contributed by atoms with Crippen LogP contribution < -0.4 is 11.3 Å². The average Bonchev–Trinajstić information content (AvgIpc) is 2.67. The van der Waals surface area contributed by atoms with Crippen LogP contribution in [0.15, 0.2) is 29.1 Å². The molecule has 27 heavy (non-hydrogen) atoms. The number of carbonyl (C=O) groups excluding carboxylic acids is 2. The molecule has 2 aromatic rings. The van der Waals surface area contributed by atoms with Gasteiger partial charge >= 0.3 is 0 Å². The van der Waals surface area contributed by atoms with Crippen molar-refractivity contribution in [3.63, 3.8) is 0 Å². The molecule has 0 saturated carbocycles. The number of aromatic nitrogens is 2. The highest BCUT2D eigenvalue weighted by Crippen LogP contribution is 2.21. The summed E-state index contributed by atoms with van der Waals surface area (Å²) in [6.07, 6.45) is 0.494. The van der Waals surface area contributed by atoms with Gasteiger partial charge in [-0.05, 0) is 31.2 Å². The Hall–Kier alpha value is -2.61. The molecule has 1 atom stereocenters. The molecule has 142 valence electrons. The Labute approximate surface area is 161 Å². The van der Waals surface area contributed by atoms with E-state index in [0.717, 1.165) is 5.75 Å². The fourth-order valence-electron chi connectivity index (χ4n) is 3.14. The maximum Gasteiger partial charge on any atom is 0.254 e. The van der Waals surface area contributed by atoms with Crippen LogP contribution in [0.25, 0.3) is 11.4 Å². The lowest BCUT2D eigenvalue weighted by molar-refractivity contribution is -0.131. The zero-order valence-corrected chi connectivity index (χ0v) is 16.1. The highest BCUT2D eigenvalue weighted by atomic mass is 32.2. The van der Waals surface area contributed by atoms with Crippen LogP contribution in [0.1, 0.15) is 35.5 Å². The third-order valence-corrected chi connectivity index (χ3v) is 5.63. The van der Waals surface area contributed by atoms with Gasteiger partial charge in [-0.15, -0.1) is 11.8 Å². The predicted molar refractivity (Wildman–Crippen MR) is 106 cm³/mol. The van der Waals surface area contributed by atoms with Crippen molar-refractivity contribution in [2.45, 2.75) is 32.1 Å². The molecular weight excluding hydrogens is 364 g/mol. The SMILES string of the molecule is CCS[C@H](C)C(=O)N1CCc2c(nc(-c3ccc(C(N)=O)cc3)[nH]c2=O)C1. The van der Waals surface area contributed by atoms with Crippen LogP contribution >= 0.6 is 11.8 Å². The van der Waals surface area contributed by atoms with Gasteiger partial charge in [-0.3, -0.25) is 14.4 Å². The van der Waals surface area contributed by atoms with E-state index in [1.807, 2.05) is 13.8 Å². The predicted octanol–water partition coefficient (Wildman–Crippen LogP) is 1.56. The van der Waals surface area contributed by atoms with Crippen LogP contribution in [0.3, 0.4) is 0 Å². The van der Waals surface area contributed by atoms with Gasteiger partial charge in [0, 0.05) is 23.2 Å². The number of amides is 2. The van der Waals surface area contributed by atoms with Gasteiger partial charge in [0.25, 0.3) is 5.56 Å². The second-order valence-corrected chi connectivity index (χ2v) is 8.01. The molecule has 2 amide bonds. The monoisotopic (exact) mass is 386 g/mol. The van der Waals surface area contributed by atoms with Crippen LogP contribution in [-0.2, 0) is 17.8 Å². The van der Waals surface area contributed by atoms with Gasteiger partial charge in [-0.25, -0.2) is 4.98 Å². The number of aromatic amines is 1. The molecule has 1 aromatic heterocycles. The number of H-pyrrole nitrogens is 1. The quantitative estimate of drug-likeness (QED) is 0.810. The number of primary amides is 1. The van der Waals surface area contributed by atoms with E-state index in [9.17, 15) is 14.4 Å². The summed E-state index contributed by atoms with van der Waals surface area (Å²) in [5, 5.41) is -0.112. The largest absolute Gasteiger partial charge is 0.366 e. The van der Waals surface area contributed by atoms with E-state index in [1.165, 1.54) is 0 Å². The number of carbonyl (C=O) groups is 2. The Balaban J connectivity index is 1.89. The first kappa shape index (κ1) is 19.2. The number of nitrogens with zero attached hydrogens (tertiary/aromatic N) is 2. The molecule has 0 saturated heterocycles. The van der Waals surface area contributed by atoms with Crippen molar-refractivity contribution >= 4 is 23.6 Å². The van der Waals surface area contributed by atoms with E-state index in [-0.39, 0.29) is 16.7 Å². The Morgan fingerprint density at radius 2 is 2.04 bits per heavy atom. The van der Waals surface area contributed by atoms with Crippen molar-refractivity contribution in [3.8, 4) is 11.4 Å². The minimum atomic E-state index is -0.512. The second-order valence-electron chi connectivity index (χ2n) is 6.39. The van der Waals surface area contributed by atoms with Crippen molar-refractivity contribution < 1.29 is 9.59 Å². The summed E-state index contributed by atoms with van der Waals surface area (Å²) in [5.74, 6) is 0.851. The summed E-state index contributed by atoms with van der Waals surface area (Å²) in [4.78, 5) is 45.4. The lowest BCUT2D eigenvalue weighted by atomic mass is 10.1. The number of fused-ring (bicyclic) bond motifs is 1. The summed E-state index contributed by atoms with van der Waals surface area (Å²) in [5.41, 5.74) is 7.40. The van der Waals surface area contributed by atoms with Crippen molar-refractivity contribution in [3.05, 3.63) is 51.4 Å². The Morgan fingerprint density at radius 1 is 1.33 bits per heavy atom. The molecule has 8 heteroatoms. The van der Waals surface area contributed by atoms with Crippen LogP contribution in [0, 0.1) is 0 Å². The zero-order chi connectivity index (χ0) is 19.6. The molecular formula is C19H22N4O3S. The molecule has 0 fully saturated rings. The summed E-state index contributed by atoms with van der Waals surface area (Å²) in [6.45, 7) is 4.79. The first-order valence-corrected chi connectivity index (χ1v) is 9.88. The van der Waals surface area contributed by atoms with Gasteiger partial charge in [-0.1, -0.05) is 19.1 Å². The van der Waals surface area contributed by atoms with E-state index >= 15 is 0 Å². The zero-order valence-electron chi connectivity index (χ0n) is 15.3. The van der Waals surface area contributed by atoms with Crippen molar-refractivity contribution in [2.24, 2.45) is 5.73 Å². The van der Waals surface area contributed by atoms with E-state index < -0.39 is 5.91 Å². The van der Waals surface area contributed by atoms with Crippen molar-refractivity contribution in [1.82, 2.24) is 14.9 Å². The maximum absolute atomic E-state index is 12.6. The summed E-state index contributed by atoms with van der Waals surface area (Å²) in [6, 6.07) is 6.57. The molecule has 1 aliphatic heterocycles. The summed E-state index contributed by atoms with van der Waals surface area (Å²) < 4.78 is 0. The van der Waals surface area contributed by atoms with Gasteiger partial charge < -0.3 is 15.6 Å². The van der Waals surface area contributed by atoms with Gasteiger partial charge in [0.15, 0.2) is 0 Å². The fraction of sp³-hybridized carbons (Fsp3) is 0.368. The van der Waals surface area contributed by atoms with E-state index in [1.54, 1.807) is 40.9 Å². The Morgan fingerprint density at radius 3 is 2.67 bits per heavy atom. The molecule has 0 aliphatic carbocycles. The van der Waals surface area contributed by atoms with E-state index in [4.69, 9.17) is 5.73 Å². The Bertz CT molecular complexity index is 924. The maximum atomic E-state index is 12.6. The smallest absolute Gasteiger partial charge is 0.254 e. The first-order valence-electron chi connectivity index (χ1n) is 8.83. The van der Waals surface area contributed by atoms with Crippen LogP contribution in [0.4, 0.5) is 0 Å². The lowest BCUT2D eigenvalue weighted by Crippen LogP contribution is -2.42. The molecule has 7 nitrogen and oxygen atoms in total. The van der Waals surface area contributed by atoms with Crippen LogP contribution in [0.5, 0.6) is 0 Å². The summed E-state index contributed by atoms with van der Waals surface area (Å²) in [7, 11) is 0. The third kappa shape index (κ3) is 4.05. The second kappa shape index (κ2) is 7.96. The lowest BCUT2D eigenvalue weighted by Gasteiger charge is -2.29. The summed E-state index contributed by atoms with van der Waals surface area (Å²) >= 11 is 1.60. The average molecular weight is 386 g/mol. The van der Waals surface area contributed by atoms with Gasteiger partial charge in [0.1, 0.15) is 5.82 Å². The first-order chi connectivity index (χ1) is 12.9. The number of hydrogen-bond acceptors (Lipinski definition) is 5. The highest BCUT2D eigenvalue weighted by Gasteiger charge is 2.27. The van der Waals surface area contributed by atoms with E-state index in [2.05, 4.69) is 9.97 Å². The topological polar surface area (TPSA) is 109 Å². The fourth-order valence-corrected chi connectivity index (χ4v) is 3.93. The van der Waals surface area contributed by atoms with Crippen molar-refractivity contribution in [2.75, 3.05) is 12.3 Å². The number of rotatable bonds is 5. The minimum absolute atomic E-state index is 0.0712.